The summed E-state index contributed by atoms with van der Waals surface area (Å²) in [5, 5.41) is 5.26. The summed E-state index contributed by atoms with van der Waals surface area (Å²) in [6.07, 6.45) is 7.30. The van der Waals surface area contributed by atoms with Crippen LogP contribution in [0.2, 0.25) is 0 Å². The van der Waals surface area contributed by atoms with Gasteiger partial charge in [0.15, 0.2) is 0 Å². The highest BCUT2D eigenvalue weighted by atomic mass is 32.2. The zero-order valence-electron chi connectivity index (χ0n) is 14.6. The Morgan fingerprint density at radius 2 is 2.12 bits per heavy atom. The summed E-state index contributed by atoms with van der Waals surface area (Å²) in [6.45, 7) is 6.51. The predicted molar refractivity (Wildman–Crippen MR) is 102 cm³/mol. The van der Waals surface area contributed by atoms with Crippen molar-refractivity contribution in [2.45, 2.75) is 63.9 Å². The van der Waals surface area contributed by atoms with E-state index in [1.54, 1.807) is 17.7 Å². The molecule has 2 aromatic rings. The Morgan fingerprint density at radius 1 is 1.29 bits per heavy atom. The number of aryl methyl sites for hydroxylation is 2. The van der Waals surface area contributed by atoms with Gasteiger partial charge >= 0.3 is 0 Å². The third-order valence-corrected chi connectivity index (χ3v) is 6.58. The molecule has 0 aliphatic heterocycles. The van der Waals surface area contributed by atoms with Gasteiger partial charge in [0.05, 0.1) is 5.75 Å². The van der Waals surface area contributed by atoms with Gasteiger partial charge in [-0.25, -0.2) is 9.97 Å². The highest BCUT2D eigenvalue weighted by molar-refractivity contribution is 8.00. The minimum atomic E-state index is 0.0925. The highest BCUT2D eigenvalue weighted by Gasteiger charge is 2.21. The van der Waals surface area contributed by atoms with E-state index in [2.05, 4.69) is 36.1 Å². The van der Waals surface area contributed by atoms with Crippen molar-refractivity contribution in [1.82, 2.24) is 15.3 Å². The molecule has 2 heterocycles. The smallest absolute Gasteiger partial charge is 0.230 e. The maximum Gasteiger partial charge on any atom is 0.230 e. The minimum absolute atomic E-state index is 0.0925. The van der Waals surface area contributed by atoms with E-state index >= 15 is 0 Å². The molecule has 1 atom stereocenters. The van der Waals surface area contributed by atoms with Gasteiger partial charge in [0.25, 0.3) is 0 Å². The second-order valence-corrected chi connectivity index (χ2v) is 8.99. The molecule has 0 saturated carbocycles. The van der Waals surface area contributed by atoms with Crippen LogP contribution >= 0.6 is 23.1 Å². The van der Waals surface area contributed by atoms with Crippen LogP contribution in [0.25, 0.3) is 10.2 Å². The number of fused-ring (bicyclic) bond motifs is 3. The van der Waals surface area contributed by atoms with Crippen molar-refractivity contribution in [3.8, 4) is 0 Å². The van der Waals surface area contributed by atoms with Crippen molar-refractivity contribution < 1.29 is 4.79 Å². The fraction of sp³-hybridized carbons (Fsp3) is 0.611. The monoisotopic (exact) mass is 363 g/mol. The fourth-order valence-corrected chi connectivity index (χ4v) is 5.25. The number of aromatic nitrogens is 2. The van der Waals surface area contributed by atoms with Gasteiger partial charge in [-0.05, 0) is 50.5 Å². The highest BCUT2D eigenvalue weighted by Crippen LogP contribution is 2.39. The number of carbonyl (C=O) groups excluding carboxylic acids is 1. The molecule has 1 N–H and O–H groups in total. The predicted octanol–water partition coefficient (Wildman–Crippen LogP) is 4.21. The first-order valence-electron chi connectivity index (χ1n) is 8.72. The van der Waals surface area contributed by atoms with Crippen molar-refractivity contribution in [2.75, 3.05) is 5.75 Å². The summed E-state index contributed by atoms with van der Waals surface area (Å²) in [5.41, 5.74) is 1.42. The molecule has 0 unspecified atom stereocenters. The molecule has 1 amide bonds. The van der Waals surface area contributed by atoms with E-state index in [9.17, 15) is 4.79 Å². The number of nitrogens with one attached hydrogen (secondary N) is 1. The second-order valence-electron chi connectivity index (χ2n) is 6.94. The molecule has 0 radical (unpaired) electrons. The number of thioether (sulfide) groups is 1. The van der Waals surface area contributed by atoms with E-state index < -0.39 is 0 Å². The molecule has 1 aliphatic carbocycles. The number of hydrogen-bond donors (Lipinski definition) is 1. The van der Waals surface area contributed by atoms with Crippen LogP contribution in [0.5, 0.6) is 0 Å². The summed E-state index contributed by atoms with van der Waals surface area (Å²) in [5.74, 6) is 1.19. The average molecular weight is 364 g/mol. The molecule has 0 saturated heterocycles. The van der Waals surface area contributed by atoms with Crippen LogP contribution < -0.4 is 5.32 Å². The third-order valence-electron chi connectivity index (χ3n) is 4.39. The van der Waals surface area contributed by atoms with E-state index in [0.717, 1.165) is 35.5 Å². The van der Waals surface area contributed by atoms with Gasteiger partial charge in [0, 0.05) is 16.3 Å². The first-order valence-corrected chi connectivity index (χ1v) is 10.5. The molecule has 3 rings (SSSR count). The zero-order valence-corrected chi connectivity index (χ0v) is 16.2. The number of hydrogen-bond acceptors (Lipinski definition) is 5. The van der Waals surface area contributed by atoms with Crippen molar-refractivity contribution in [1.29, 1.82) is 0 Å². The molecule has 0 bridgehead atoms. The number of nitrogens with zero attached hydrogens (tertiary/aromatic N) is 2. The Kier molecular flexibility index (Phi) is 5.76. The van der Waals surface area contributed by atoms with E-state index in [1.165, 1.54) is 34.0 Å². The summed E-state index contributed by atoms with van der Waals surface area (Å²) in [4.78, 5) is 23.6. The Bertz CT molecular complexity index is 726. The van der Waals surface area contributed by atoms with Crippen LogP contribution in [0.4, 0.5) is 0 Å². The maximum atomic E-state index is 12.2. The molecule has 0 spiro atoms. The van der Waals surface area contributed by atoms with Crippen LogP contribution in [-0.2, 0) is 17.6 Å². The van der Waals surface area contributed by atoms with Crippen molar-refractivity contribution in [2.24, 2.45) is 5.92 Å². The summed E-state index contributed by atoms with van der Waals surface area (Å²) < 4.78 is 0. The Hall–Kier alpha value is -1.14. The van der Waals surface area contributed by atoms with Crippen molar-refractivity contribution >= 4 is 39.2 Å². The van der Waals surface area contributed by atoms with Crippen LogP contribution in [0, 0.1) is 5.92 Å². The number of rotatable bonds is 7. The summed E-state index contributed by atoms with van der Waals surface area (Å²) in [6, 6.07) is 0.233. The second kappa shape index (κ2) is 7.83. The van der Waals surface area contributed by atoms with Crippen LogP contribution in [0.15, 0.2) is 11.4 Å². The summed E-state index contributed by atoms with van der Waals surface area (Å²) in [7, 11) is 0. The van der Waals surface area contributed by atoms with Gasteiger partial charge in [0.2, 0.25) is 5.91 Å². The molecule has 2 aromatic heterocycles. The van der Waals surface area contributed by atoms with E-state index in [-0.39, 0.29) is 11.9 Å². The lowest BCUT2D eigenvalue weighted by Gasteiger charge is -2.15. The van der Waals surface area contributed by atoms with E-state index in [1.807, 2.05) is 0 Å². The Balaban J connectivity index is 1.61. The quantitative estimate of drug-likeness (QED) is 0.591. The molecule has 0 fully saturated rings. The first kappa shape index (κ1) is 17.7. The zero-order chi connectivity index (χ0) is 17.1. The largest absolute Gasteiger partial charge is 0.353 e. The molecule has 0 aromatic carbocycles. The lowest BCUT2D eigenvalue weighted by Crippen LogP contribution is -2.34. The molecule has 1 aliphatic rings. The van der Waals surface area contributed by atoms with Gasteiger partial charge in [-0.1, -0.05) is 25.6 Å². The Morgan fingerprint density at radius 3 is 2.92 bits per heavy atom. The third kappa shape index (κ3) is 4.09. The van der Waals surface area contributed by atoms with Crippen molar-refractivity contribution in [3.05, 3.63) is 16.8 Å². The number of carbonyl (C=O) groups is 1. The van der Waals surface area contributed by atoms with Gasteiger partial charge < -0.3 is 5.32 Å². The fourth-order valence-electron chi connectivity index (χ4n) is 3.11. The summed E-state index contributed by atoms with van der Waals surface area (Å²) >= 11 is 3.33. The molecule has 130 valence electrons. The molecule has 24 heavy (non-hydrogen) atoms. The minimum Gasteiger partial charge on any atom is -0.353 e. The van der Waals surface area contributed by atoms with Gasteiger partial charge in [-0.3, -0.25) is 4.79 Å². The SMILES string of the molecule is CC(C)CC[C@H](C)NC(=O)CSc1ncnc2sc3c(c12)CCC3. The van der Waals surface area contributed by atoms with Crippen LogP contribution in [0.1, 0.15) is 50.5 Å². The van der Waals surface area contributed by atoms with Crippen LogP contribution in [-0.4, -0.2) is 27.7 Å². The normalized spacial score (nSPS) is 15.0. The number of thiophene rings is 1. The Labute approximate surface area is 151 Å². The van der Waals surface area contributed by atoms with E-state index in [4.69, 9.17) is 0 Å². The molecular formula is C18H25N3OS2. The number of amides is 1. The van der Waals surface area contributed by atoms with E-state index in [0.29, 0.717) is 11.7 Å². The maximum absolute atomic E-state index is 12.2. The average Bonchev–Trinajstić information content (AvgIpc) is 3.11. The topological polar surface area (TPSA) is 54.9 Å². The van der Waals surface area contributed by atoms with Gasteiger partial charge in [-0.15, -0.1) is 11.3 Å². The van der Waals surface area contributed by atoms with Gasteiger partial charge in [0.1, 0.15) is 16.2 Å². The van der Waals surface area contributed by atoms with Crippen molar-refractivity contribution in [3.63, 3.8) is 0 Å². The lowest BCUT2D eigenvalue weighted by atomic mass is 10.0. The van der Waals surface area contributed by atoms with Gasteiger partial charge in [-0.2, -0.15) is 0 Å². The first-order chi connectivity index (χ1) is 11.5. The molecule has 6 heteroatoms. The standard InChI is InChI=1S/C18H25N3OS2/c1-11(2)7-8-12(3)21-15(22)9-23-17-16-13-5-4-6-14(13)24-18(16)20-10-19-17/h10-12H,4-9H2,1-3H3,(H,21,22)/t12-/m0/s1. The lowest BCUT2D eigenvalue weighted by molar-refractivity contribution is -0.119. The molecule has 4 nitrogen and oxygen atoms in total. The van der Waals surface area contributed by atoms with Crippen LogP contribution in [0.3, 0.4) is 0 Å². The molecular weight excluding hydrogens is 338 g/mol.